The molecule has 1 aromatic carbocycles. The number of hydrogen-bond acceptors (Lipinski definition) is 4. The molecule has 0 aliphatic carbocycles. The first-order valence-corrected chi connectivity index (χ1v) is 6.50. The Hall–Kier alpha value is -1.84. The second-order valence-electron chi connectivity index (χ2n) is 3.91. The molecule has 0 atom stereocenters. The van der Waals surface area contributed by atoms with Crippen LogP contribution in [0.3, 0.4) is 0 Å². The minimum Gasteiger partial charge on any atom is -0.383 e. The first kappa shape index (κ1) is 13.6. The van der Waals surface area contributed by atoms with Crippen molar-refractivity contribution in [2.75, 3.05) is 19.0 Å². The SMILES string of the molecule is COCCn1cc(Nc2ccc(Br)cc2C#N)cn1. The van der Waals surface area contributed by atoms with E-state index in [1.807, 2.05) is 18.3 Å². The van der Waals surface area contributed by atoms with Crippen molar-refractivity contribution in [1.82, 2.24) is 9.78 Å². The average Bonchev–Trinajstić information content (AvgIpc) is 2.86. The second-order valence-corrected chi connectivity index (χ2v) is 4.83. The van der Waals surface area contributed by atoms with Crippen LogP contribution < -0.4 is 5.32 Å². The minimum absolute atomic E-state index is 0.582. The predicted molar refractivity (Wildman–Crippen MR) is 76.2 cm³/mol. The highest BCUT2D eigenvalue weighted by Crippen LogP contribution is 2.23. The first-order chi connectivity index (χ1) is 9.22. The summed E-state index contributed by atoms with van der Waals surface area (Å²) < 4.78 is 7.66. The third-order valence-corrected chi connectivity index (χ3v) is 3.03. The molecular weight excluding hydrogens is 308 g/mol. The van der Waals surface area contributed by atoms with Crippen molar-refractivity contribution in [1.29, 1.82) is 5.26 Å². The molecule has 0 fully saturated rings. The Morgan fingerprint density at radius 1 is 1.53 bits per heavy atom. The van der Waals surface area contributed by atoms with Gasteiger partial charge in [-0.2, -0.15) is 10.4 Å². The minimum atomic E-state index is 0.582. The molecule has 1 N–H and O–H groups in total. The number of halogens is 1. The van der Waals surface area contributed by atoms with Gasteiger partial charge in [0.05, 0.1) is 36.3 Å². The topological polar surface area (TPSA) is 62.9 Å². The van der Waals surface area contributed by atoms with Crippen LogP contribution in [-0.4, -0.2) is 23.5 Å². The summed E-state index contributed by atoms with van der Waals surface area (Å²) in [4.78, 5) is 0. The van der Waals surface area contributed by atoms with Crippen molar-refractivity contribution in [3.05, 3.63) is 40.6 Å². The molecule has 0 spiro atoms. The summed E-state index contributed by atoms with van der Waals surface area (Å²) in [7, 11) is 1.66. The van der Waals surface area contributed by atoms with Crippen LogP contribution in [0.5, 0.6) is 0 Å². The van der Waals surface area contributed by atoms with Crippen molar-refractivity contribution in [2.45, 2.75) is 6.54 Å². The number of nitrogens with one attached hydrogen (secondary N) is 1. The Kier molecular flexibility index (Phi) is 4.55. The molecule has 1 aromatic heterocycles. The van der Waals surface area contributed by atoms with E-state index in [0.29, 0.717) is 18.7 Å². The van der Waals surface area contributed by atoms with Crippen LogP contribution in [0.2, 0.25) is 0 Å². The van der Waals surface area contributed by atoms with Crippen molar-refractivity contribution in [3.63, 3.8) is 0 Å². The van der Waals surface area contributed by atoms with E-state index in [1.54, 1.807) is 24.1 Å². The second kappa shape index (κ2) is 6.36. The number of ether oxygens (including phenoxy) is 1. The number of nitriles is 1. The lowest BCUT2D eigenvalue weighted by atomic mass is 10.2. The molecule has 2 aromatic rings. The fourth-order valence-corrected chi connectivity index (χ4v) is 1.97. The highest BCUT2D eigenvalue weighted by Gasteiger charge is 2.05. The molecule has 0 saturated carbocycles. The van der Waals surface area contributed by atoms with E-state index in [2.05, 4.69) is 32.4 Å². The number of aromatic nitrogens is 2. The largest absolute Gasteiger partial charge is 0.383 e. The monoisotopic (exact) mass is 320 g/mol. The molecule has 1 heterocycles. The fourth-order valence-electron chi connectivity index (χ4n) is 1.61. The first-order valence-electron chi connectivity index (χ1n) is 5.71. The molecule has 0 saturated heterocycles. The third-order valence-electron chi connectivity index (χ3n) is 2.54. The summed E-state index contributed by atoms with van der Waals surface area (Å²) in [6.45, 7) is 1.31. The van der Waals surface area contributed by atoms with Gasteiger partial charge in [-0.3, -0.25) is 4.68 Å². The van der Waals surface area contributed by atoms with Crippen LogP contribution in [0.15, 0.2) is 35.1 Å². The molecule has 2 rings (SSSR count). The number of rotatable bonds is 5. The van der Waals surface area contributed by atoms with Crippen molar-refractivity contribution < 1.29 is 4.74 Å². The van der Waals surface area contributed by atoms with Crippen LogP contribution in [0.1, 0.15) is 5.56 Å². The number of anilines is 2. The predicted octanol–water partition coefficient (Wildman–Crippen LogP) is 2.91. The van der Waals surface area contributed by atoms with Crippen molar-refractivity contribution in [3.8, 4) is 6.07 Å². The zero-order valence-electron chi connectivity index (χ0n) is 10.4. The van der Waals surface area contributed by atoms with Crippen LogP contribution in [0.25, 0.3) is 0 Å². The van der Waals surface area contributed by atoms with Gasteiger partial charge in [0.1, 0.15) is 6.07 Å². The number of hydrogen-bond donors (Lipinski definition) is 1. The summed E-state index contributed by atoms with van der Waals surface area (Å²) in [5.74, 6) is 0. The van der Waals surface area contributed by atoms with Gasteiger partial charge in [-0.1, -0.05) is 15.9 Å². The Balaban J connectivity index is 2.13. The van der Waals surface area contributed by atoms with Crippen molar-refractivity contribution >= 4 is 27.3 Å². The number of benzene rings is 1. The van der Waals surface area contributed by atoms with Gasteiger partial charge >= 0.3 is 0 Å². The quantitative estimate of drug-likeness (QED) is 0.920. The summed E-state index contributed by atoms with van der Waals surface area (Å²) in [6.07, 6.45) is 3.60. The zero-order valence-corrected chi connectivity index (χ0v) is 12.0. The van der Waals surface area contributed by atoms with E-state index in [4.69, 9.17) is 10.00 Å². The van der Waals surface area contributed by atoms with Gasteiger partial charge < -0.3 is 10.1 Å². The lowest BCUT2D eigenvalue weighted by molar-refractivity contribution is 0.183. The van der Waals surface area contributed by atoms with Gasteiger partial charge in [0.25, 0.3) is 0 Å². The van der Waals surface area contributed by atoms with E-state index in [9.17, 15) is 0 Å². The highest BCUT2D eigenvalue weighted by atomic mass is 79.9. The van der Waals surface area contributed by atoms with Crippen LogP contribution >= 0.6 is 15.9 Å². The van der Waals surface area contributed by atoms with E-state index in [-0.39, 0.29) is 0 Å². The molecule has 0 bridgehead atoms. The van der Waals surface area contributed by atoms with Gasteiger partial charge in [-0.15, -0.1) is 0 Å². The highest BCUT2D eigenvalue weighted by molar-refractivity contribution is 9.10. The molecule has 0 aliphatic rings. The van der Waals surface area contributed by atoms with Crippen LogP contribution in [-0.2, 0) is 11.3 Å². The molecule has 0 aliphatic heterocycles. The molecular formula is C13H13BrN4O. The molecule has 5 nitrogen and oxygen atoms in total. The molecule has 0 unspecified atom stereocenters. The summed E-state index contributed by atoms with van der Waals surface area (Å²) in [6, 6.07) is 7.68. The zero-order chi connectivity index (χ0) is 13.7. The summed E-state index contributed by atoms with van der Waals surface area (Å²) >= 11 is 3.35. The van der Waals surface area contributed by atoms with E-state index in [1.165, 1.54) is 0 Å². The lowest BCUT2D eigenvalue weighted by Gasteiger charge is -2.06. The van der Waals surface area contributed by atoms with E-state index in [0.717, 1.165) is 15.8 Å². The standard InChI is InChI=1S/C13H13BrN4O/c1-19-5-4-18-9-12(8-16-18)17-13-3-2-11(14)6-10(13)7-15/h2-3,6,8-9,17H,4-5H2,1H3. The Morgan fingerprint density at radius 2 is 2.37 bits per heavy atom. The molecule has 19 heavy (non-hydrogen) atoms. The summed E-state index contributed by atoms with van der Waals surface area (Å²) in [5, 5.41) is 16.5. The maximum absolute atomic E-state index is 9.09. The fraction of sp³-hybridized carbons (Fsp3) is 0.231. The molecule has 98 valence electrons. The smallest absolute Gasteiger partial charge is 0.101 e. The van der Waals surface area contributed by atoms with Gasteiger partial charge in [-0.05, 0) is 18.2 Å². The van der Waals surface area contributed by atoms with Crippen LogP contribution in [0.4, 0.5) is 11.4 Å². The van der Waals surface area contributed by atoms with Gasteiger partial charge in [0, 0.05) is 17.8 Å². The Labute approximate surface area is 119 Å². The average molecular weight is 321 g/mol. The maximum atomic E-state index is 9.09. The number of nitrogens with zero attached hydrogens (tertiary/aromatic N) is 3. The number of methoxy groups -OCH3 is 1. The van der Waals surface area contributed by atoms with E-state index < -0.39 is 0 Å². The van der Waals surface area contributed by atoms with E-state index >= 15 is 0 Å². The van der Waals surface area contributed by atoms with Gasteiger partial charge in [0.2, 0.25) is 0 Å². The lowest BCUT2D eigenvalue weighted by Crippen LogP contribution is -2.03. The van der Waals surface area contributed by atoms with Gasteiger partial charge in [0.15, 0.2) is 0 Å². The molecule has 6 heteroatoms. The maximum Gasteiger partial charge on any atom is 0.101 e. The Morgan fingerprint density at radius 3 is 3.11 bits per heavy atom. The van der Waals surface area contributed by atoms with Gasteiger partial charge in [-0.25, -0.2) is 0 Å². The molecule has 0 amide bonds. The summed E-state index contributed by atoms with van der Waals surface area (Å²) in [5.41, 5.74) is 2.19. The molecule has 0 radical (unpaired) electrons. The third kappa shape index (κ3) is 3.56. The van der Waals surface area contributed by atoms with Crippen molar-refractivity contribution in [2.24, 2.45) is 0 Å². The Bertz CT molecular complexity index is 603. The van der Waals surface area contributed by atoms with Crippen LogP contribution in [0, 0.1) is 11.3 Å². The normalized spacial score (nSPS) is 10.2.